The molecule has 0 aliphatic heterocycles. The highest BCUT2D eigenvalue weighted by Gasteiger charge is 2.08. The monoisotopic (exact) mass is 251 g/mol. The maximum absolute atomic E-state index is 8.81. The third-order valence-electron chi connectivity index (χ3n) is 3.16. The lowest BCUT2D eigenvalue weighted by atomic mass is 10.0. The van der Waals surface area contributed by atoms with Gasteiger partial charge in [0.05, 0.1) is 7.11 Å². The molecule has 0 unspecified atom stereocenters. The fourth-order valence-electron chi connectivity index (χ4n) is 2.28. The number of rotatable bonds is 7. The van der Waals surface area contributed by atoms with Crippen LogP contribution in [0.2, 0.25) is 0 Å². The van der Waals surface area contributed by atoms with Crippen LogP contribution < -0.4 is 4.74 Å². The molecule has 18 heavy (non-hydrogen) atoms. The van der Waals surface area contributed by atoms with Crippen molar-refractivity contribution in [2.24, 2.45) is 0 Å². The van der Waals surface area contributed by atoms with E-state index in [1.165, 1.54) is 16.7 Å². The van der Waals surface area contributed by atoms with Gasteiger partial charge in [0.15, 0.2) is 0 Å². The van der Waals surface area contributed by atoms with Crippen LogP contribution in [0.1, 0.15) is 23.1 Å². The molecule has 3 nitrogen and oxygen atoms in total. The van der Waals surface area contributed by atoms with Gasteiger partial charge in [-0.15, -0.1) is 0 Å². The zero-order valence-corrected chi connectivity index (χ0v) is 12.0. The summed E-state index contributed by atoms with van der Waals surface area (Å²) >= 11 is 0. The summed E-state index contributed by atoms with van der Waals surface area (Å²) in [6.07, 6.45) is 1.81. The minimum atomic E-state index is 0.261. The van der Waals surface area contributed by atoms with Crippen LogP contribution in [0.25, 0.3) is 0 Å². The molecular weight excluding hydrogens is 226 g/mol. The van der Waals surface area contributed by atoms with Gasteiger partial charge in [-0.2, -0.15) is 0 Å². The second kappa shape index (κ2) is 7.39. The Morgan fingerprint density at radius 2 is 1.94 bits per heavy atom. The molecule has 1 N–H and O–H groups in total. The van der Waals surface area contributed by atoms with E-state index >= 15 is 0 Å². The van der Waals surface area contributed by atoms with Gasteiger partial charge in [0.1, 0.15) is 5.75 Å². The molecule has 1 aromatic rings. The van der Waals surface area contributed by atoms with Gasteiger partial charge in [-0.25, -0.2) is 0 Å². The molecule has 0 radical (unpaired) electrons. The third-order valence-corrected chi connectivity index (χ3v) is 3.16. The standard InChI is InChI=1S/C15H25NO2/c1-12-10-13(2)15(18-4)14(11-12)6-8-16(3)7-5-9-17/h10-11,17H,5-9H2,1-4H3. The van der Waals surface area contributed by atoms with E-state index in [4.69, 9.17) is 9.84 Å². The third kappa shape index (κ3) is 4.31. The largest absolute Gasteiger partial charge is 0.496 e. The zero-order valence-electron chi connectivity index (χ0n) is 12.0. The van der Waals surface area contributed by atoms with Crippen molar-refractivity contribution in [1.82, 2.24) is 4.90 Å². The Balaban J connectivity index is 2.66. The van der Waals surface area contributed by atoms with Crippen LogP contribution in [0, 0.1) is 13.8 Å². The minimum Gasteiger partial charge on any atom is -0.496 e. The van der Waals surface area contributed by atoms with E-state index in [1.54, 1.807) is 7.11 Å². The number of aliphatic hydroxyl groups excluding tert-OH is 1. The van der Waals surface area contributed by atoms with E-state index in [0.29, 0.717) is 0 Å². The first-order chi connectivity index (χ1) is 8.58. The van der Waals surface area contributed by atoms with Crippen molar-refractivity contribution in [3.8, 4) is 5.75 Å². The van der Waals surface area contributed by atoms with E-state index in [2.05, 4.69) is 37.9 Å². The van der Waals surface area contributed by atoms with Gasteiger partial charge in [0.2, 0.25) is 0 Å². The first kappa shape index (κ1) is 15.0. The normalized spacial score (nSPS) is 11.0. The topological polar surface area (TPSA) is 32.7 Å². The second-order valence-corrected chi connectivity index (χ2v) is 4.90. The first-order valence-electron chi connectivity index (χ1n) is 6.52. The van der Waals surface area contributed by atoms with Crippen molar-refractivity contribution in [2.45, 2.75) is 26.7 Å². The Morgan fingerprint density at radius 3 is 2.56 bits per heavy atom. The van der Waals surface area contributed by atoms with Crippen molar-refractivity contribution in [1.29, 1.82) is 0 Å². The maximum atomic E-state index is 8.81. The molecule has 0 saturated carbocycles. The fourth-order valence-corrected chi connectivity index (χ4v) is 2.28. The molecular formula is C15H25NO2. The summed E-state index contributed by atoms with van der Waals surface area (Å²) in [4.78, 5) is 2.24. The number of hydrogen-bond acceptors (Lipinski definition) is 3. The van der Waals surface area contributed by atoms with Crippen molar-refractivity contribution in [2.75, 3.05) is 33.9 Å². The molecule has 3 heteroatoms. The maximum Gasteiger partial charge on any atom is 0.125 e. The van der Waals surface area contributed by atoms with Crippen LogP contribution in [0.3, 0.4) is 0 Å². The molecule has 0 aliphatic carbocycles. The smallest absolute Gasteiger partial charge is 0.125 e. The number of likely N-dealkylation sites (N-methyl/N-ethyl adjacent to an activating group) is 1. The summed E-state index contributed by atoms with van der Waals surface area (Å²) in [6.45, 7) is 6.39. The van der Waals surface area contributed by atoms with E-state index in [9.17, 15) is 0 Å². The second-order valence-electron chi connectivity index (χ2n) is 4.90. The van der Waals surface area contributed by atoms with Gasteiger partial charge in [0.25, 0.3) is 0 Å². The van der Waals surface area contributed by atoms with E-state index in [1.807, 2.05) is 0 Å². The van der Waals surface area contributed by atoms with E-state index < -0.39 is 0 Å². The Kier molecular flexibility index (Phi) is 6.16. The Morgan fingerprint density at radius 1 is 1.22 bits per heavy atom. The van der Waals surface area contributed by atoms with Gasteiger partial charge < -0.3 is 14.7 Å². The molecule has 0 aromatic heterocycles. The number of hydrogen-bond donors (Lipinski definition) is 1. The molecule has 1 rings (SSSR count). The molecule has 102 valence electrons. The van der Waals surface area contributed by atoms with Crippen LogP contribution in [-0.4, -0.2) is 43.9 Å². The van der Waals surface area contributed by atoms with Crippen molar-refractivity contribution < 1.29 is 9.84 Å². The molecule has 0 bridgehead atoms. The summed E-state index contributed by atoms with van der Waals surface area (Å²) in [5.41, 5.74) is 3.75. The van der Waals surface area contributed by atoms with Crippen LogP contribution in [0.15, 0.2) is 12.1 Å². The quantitative estimate of drug-likeness (QED) is 0.806. The van der Waals surface area contributed by atoms with Crippen LogP contribution >= 0.6 is 0 Å². The van der Waals surface area contributed by atoms with Gasteiger partial charge in [-0.1, -0.05) is 17.7 Å². The first-order valence-corrected chi connectivity index (χ1v) is 6.52. The molecule has 0 fully saturated rings. The van der Waals surface area contributed by atoms with Crippen molar-refractivity contribution in [3.05, 3.63) is 28.8 Å². The highest BCUT2D eigenvalue weighted by Crippen LogP contribution is 2.25. The summed E-state index contributed by atoms with van der Waals surface area (Å²) in [5.74, 6) is 1.01. The number of nitrogens with zero attached hydrogens (tertiary/aromatic N) is 1. The molecule has 0 amide bonds. The predicted octanol–water partition coefficient (Wildman–Crippen LogP) is 2.17. The van der Waals surface area contributed by atoms with Gasteiger partial charge >= 0.3 is 0 Å². The fraction of sp³-hybridized carbons (Fsp3) is 0.600. The molecule has 0 aliphatic rings. The Bertz CT molecular complexity index is 377. The van der Waals surface area contributed by atoms with E-state index in [0.717, 1.165) is 31.7 Å². The highest BCUT2D eigenvalue weighted by atomic mass is 16.5. The predicted molar refractivity (Wildman–Crippen MR) is 75.4 cm³/mol. The van der Waals surface area contributed by atoms with Gasteiger partial charge in [-0.3, -0.25) is 0 Å². The summed E-state index contributed by atoms with van der Waals surface area (Å²) in [5, 5.41) is 8.81. The summed E-state index contributed by atoms with van der Waals surface area (Å²) in [7, 11) is 3.82. The average molecular weight is 251 g/mol. The number of ether oxygens (including phenoxy) is 1. The lowest BCUT2D eigenvalue weighted by Gasteiger charge is -2.18. The molecule has 1 aromatic carbocycles. The average Bonchev–Trinajstić information content (AvgIpc) is 2.33. The van der Waals surface area contributed by atoms with Crippen LogP contribution in [0.5, 0.6) is 5.75 Å². The SMILES string of the molecule is COc1c(C)cc(C)cc1CCN(C)CCCO. The number of aliphatic hydroxyl groups is 1. The molecule has 0 spiro atoms. The van der Waals surface area contributed by atoms with Gasteiger partial charge in [-0.05, 0) is 44.9 Å². The Labute approximate surface area is 110 Å². The van der Waals surface area contributed by atoms with Crippen molar-refractivity contribution in [3.63, 3.8) is 0 Å². The minimum absolute atomic E-state index is 0.261. The summed E-state index contributed by atoms with van der Waals surface area (Å²) < 4.78 is 5.49. The van der Waals surface area contributed by atoms with E-state index in [-0.39, 0.29) is 6.61 Å². The number of methoxy groups -OCH3 is 1. The highest BCUT2D eigenvalue weighted by molar-refractivity contribution is 5.43. The molecule has 0 atom stereocenters. The van der Waals surface area contributed by atoms with Gasteiger partial charge in [0, 0.05) is 19.7 Å². The van der Waals surface area contributed by atoms with Crippen LogP contribution in [0.4, 0.5) is 0 Å². The van der Waals surface area contributed by atoms with Crippen LogP contribution in [-0.2, 0) is 6.42 Å². The summed E-state index contributed by atoms with van der Waals surface area (Å²) in [6, 6.07) is 4.35. The number of benzene rings is 1. The number of aryl methyl sites for hydroxylation is 2. The van der Waals surface area contributed by atoms with Crippen molar-refractivity contribution >= 4 is 0 Å². The Hall–Kier alpha value is -1.06. The molecule has 0 heterocycles. The lowest BCUT2D eigenvalue weighted by molar-refractivity contribution is 0.248. The molecule has 0 saturated heterocycles. The zero-order chi connectivity index (χ0) is 13.5. The lowest BCUT2D eigenvalue weighted by Crippen LogP contribution is -2.23.